The Morgan fingerprint density at radius 2 is 1.83 bits per heavy atom. The monoisotopic (exact) mass is 407 g/mol. The summed E-state index contributed by atoms with van der Waals surface area (Å²) < 4.78 is 13.1. The fraction of sp³-hybridized carbons (Fsp3) is 0.238. The number of ether oxygens (including phenoxy) is 1. The van der Waals surface area contributed by atoms with Gasteiger partial charge < -0.3 is 13.7 Å². The molecule has 2 aromatic heterocycles. The van der Waals surface area contributed by atoms with Crippen molar-refractivity contribution < 1.29 is 9.15 Å². The van der Waals surface area contributed by atoms with Crippen LogP contribution in [0.2, 0.25) is 0 Å². The highest BCUT2D eigenvalue weighted by atomic mass is 32.2. The predicted octanol–water partition coefficient (Wildman–Crippen LogP) is 4.62. The molecule has 0 bridgehead atoms. The predicted molar refractivity (Wildman–Crippen MR) is 112 cm³/mol. The largest absolute Gasteiger partial charge is 0.497 e. The lowest BCUT2D eigenvalue weighted by Crippen LogP contribution is -2.00. The van der Waals surface area contributed by atoms with E-state index in [-0.39, 0.29) is 0 Å². The molecule has 0 fully saturated rings. The van der Waals surface area contributed by atoms with Crippen LogP contribution >= 0.6 is 11.8 Å². The third-order valence-corrected chi connectivity index (χ3v) is 5.39. The van der Waals surface area contributed by atoms with Gasteiger partial charge in [-0.05, 0) is 44.2 Å². The van der Waals surface area contributed by atoms with Gasteiger partial charge in [-0.1, -0.05) is 35.5 Å². The lowest BCUT2D eigenvalue weighted by molar-refractivity contribution is 0.415. The Bertz CT molecular complexity index is 1100. The molecule has 2 aromatic carbocycles. The molecule has 0 amide bonds. The molecule has 0 saturated heterocycles. The molecule has 0 aliphatic rings. The highest BCUT2D eigenvalue weighted by Gasteiger charge is 2.15. The molecule has 0 N–H and O–H groups in total. The van der Waals surface area contributed by atoms with Crippen molar-refractivity contribution in [3.8, 4) is 28.6 Å². The van der Waals surface area contributed by atoms with Crippen molar-refractivity contribution in [2.75, 3.05) is 7.11 Å². The molecule has 29 heavy (non-hydrogen) atoms. The van der Waals surface area contributed by atoms with Crippen LogP contribution in [0.1, 0.15) is 18.4 Å². The van der Waals surface area contributed by atoms with Gasteiger partial charge in [-0.2, -0.15) is 0 Å². The Kier molecular flexibility index (Phi) is 5.62. The number of hydrogen-bond donors (Lipinski definition) is 0. The maximum absolute atomic E-state index is 5.80. The number of aromatic nitrogens is 5. The van der Waals surface area contributed by atoms with Crippen LogP contribution in [-0.4, -0.2) is 32.1 Å². The normalized spacial score (nSPS) is 11.0. The summed E-state index contributed by atoms with van der Waals surface area (Å²) in [6.45, 7) is 4.93. The van der Waals surface area contributed by atoms with Crippen molar-refractivity contribution in [3.05, 3.63) is 60.0 Å². The Labute approximate surface area is 173 Å². The minimum Gasteiger partial charge on any atom is -0.497 e. The smallest absolute Gasteiger partial charge is 0.247 e. The zero-order valence-corrected chi connectivity index (χ0v) is 17.3. The van der Waals surface area contributed by atoms with Crippen LogP contribution in [0.4, 0.5) is 0 Å². The van der Waals surface area contributed by atoms with Crippen LogP contribution in [0.25, 0.3) is 22.8 Å². The highest BCUT2D eigenvalue weighted by molar-refractivity contribution is 7.98. The quantitative estimate of drug-likeness (QED) is 0.413. The number of rotatable bonds is 7. The first kappa shape index (κ1) is 19.2. The number of thioether (sulfide) groups is 1. The second-order valence-electron chi connectivity index (χ2n) is 6.44. The SMILES string of the molecule is CCn1c(SCc2nnc(-c3ccc(OC)cc3)o2)nnc1-c1cccc(C)c1. The molecule has 0 atom stereocenters. The van der Waals surface area contributed by atoms with Crippen LogP contribution in [0.5, 0.6) is 5.75 Å². The van der Waals surface area contributed by atoms with Crippen molar-refractivity contribution >= 4 is 11.8 Å². The molecular formula is C21H21N5O2S. The minimum atomic E-state index is 0.487. The van der Waals surface area contributed by atoms with E-state index >= 15 is 0 Å². The molecule has 0 spiro atoms. The molecule has 0 aliphatic heterocycles. The van der Waals surface area contributed by atoms with Gasteiger partial charge in [0.25, 0.3) is 0 Å². The van der Waals surface area contributed by atoms with Crippen LogP contribution in [-0.2, 0) is 12.3 Å². The van der Waals surface area contributed by atoms with Gasteiger partial charge in [-0.15, -0.1) is 20.4 Å². The van der Waals surface area contributed by atoms with Crippen molar-refractivity contribution in [2.24, 2.45) is 0 Å². The van der Waals surface area contributed by atoms with Gasteiger partial charge in [0.1, 0.15) is 5.75 Å². The van der Waals surface area contributed by atoms with Crippen molar-refractivity contribution in [1.29, 1.82) is 0 Å². The first-order valence-corrected chi connectivity index (χ1v) is 10.3. The van der Waals surface area contributed by atoms with Crippen LogP contribution < -0.4 is 4.74 Å². The molecule has 8 heteroatoms. The fourth-order valence-corrected chi connectivity index (χ4v) is 3.81. The van der Waals surface area contributed by atoms with Gasteiger partial charge in [-0.25, -0.2) is 0 Å². The number of benzene rings is 2. The zero-order chi connectivity index (χ0) is 20.2. The molecule has 7 nitrogen and oxygen atoms in total. The average molecular weight is 407 g/mol. The second-order valence-corrected chi connectivity index (χ2v) is 7.38. The number of methoxy groups -OCH3 is 1. The van der Waals surface area contributed by atoms with Crippen molar-refractivity contribution in [2.45, 2.75) is 31.3 Å². The third kappa shape index (κ3) is 4.17. The lowest BCUT2D eigenvalue weighted by Gasteiger charge is -2.07. The fourth-order valence-electron chi connectivity index (χ4n) is 2.97. The van der Waals surface area contributed by atoms with E-state index in [1.165, 1.54) is 17.3 Å². The van der Waals surface area contributed by atoms with E-state index in [1.54, 1.807) is 7.11 Å². The van der Waals surface area contributed by atoms with Gasteiger partial charge in [0, 0.05) is 17.7 Å². The average Bonchev–Trinajstić information content (AvgIpc) is 3.39. The summed E-state index contributed by atoms with van der Waals surface area (Å²) >= 11 is 1.53. The Morgan fingerprint density at radius 1 is 1.00 bits per heavy atom. The lowest BCUT2D eigenvalue weighted by atomic mass is 10.1. The summed E-state index contributed by atoms with van der Waals surface area (Å²) in [7, 11) is 1.64. The Balaban J connectivity index is 1.49. The molecule has 0 radical (unpaired) electrons. The van der Waals surface area contributed by atoms with Crippen LogP contribution in [0.3, 0.4) is 0 Å². The van der Waals surface area contributed by atoms with E-state index in [2.05, 4.69) is 57.0 Å². The van der Waals surface area contributed by atoms with Crippen LogP contribution in [0, 0.1) is 6.92 Å². The first-order valence-electron chi connectivity index (χ1n) is 9.27. The topological polar surface area (TPSA) is 78.9 Å². The van der Waals surface area contributed by atoms with E-state index in [0.717, 1.165) is 34.4 Å². The Morgan fingerprint density at radius 3 is 2.55 bits per heavy atom. The third-order valence-electron chi connectivity index (χ3n) is 4.44. The highest BCUT2D eigenvalue weighted by Crippen LogP contribution is 2.28. The van der Waals surface area contributed by atoms with Gasteiger partial charge in [0.2, 0.25) is 11.8 Å². The number of nitrogens with zero attached hydrogens (tertiary/aromatic N) is 5. The molecule has 0 aliphatic carbocycles. The maximum atomic E-state index is 5.80. The Hall–Kier alpha value is -3.13. The summed E-state index contributed by atoms with van der Waals surface area (Å²) in [6, 6.07) is 15.8. The minimum absolute atomic E-state index is 0.487. The first-order chi connectivity index (χ1) is 14.2. The summed E-state index contributed by atoms with van der Waals surface area (Å²) in [4.78, 5) is 0. The zero-order valence-electron chi connectivity index (χ0n) is 16.5. The van der Waals surface area contributed by atoms with Gasteiger partial charge in [0.15, 0.2) is 11.0 Å². The molecule has 0 saturated carbocycles. The summed E-state index contributed by atoms with van der Waals surface area (Å²) in [5.74, 6) is 3.20. The molecular weight excluding hydrogens is 386 g/mol. The summed E-state index contributed by atoms with van der Waals surface area (Å²) in [5, 5.41) is 17.9. The summed E-state index contributed by atoms with van der Waals surface area (Å²) in [5.41, 5.74) is 3.11. The molecule has 148 valence electrons. The van der Waals surface area contributed by atoms with E-state index in [1.807, 2.05) is 30.3 Å². The standard InChI is InChI=1S/C21H21N5O2S/c1-4-26-19(16-7-5-6-14(2)12-16)23-25-21(26)29-13-18-22-24-20(28-18)15-8-10-17(27-3)11-9-15/h5-12H,4,13H2,1-3H3. The van der Waals surface area contributed by atoms with E-state index in [4.69, 9.17) is 9.15 Å². The van der Waals surface area contributed by atoms with Crippen molar-refractivity contribution in [1.82, 2.24) is 25.0 Å². The van der Waals surface area contributed by atoms with Crippen molar-refractivity contribution in [3.63, 3.8) is 0 Å². The van der Waals surface area contributed by atoms with Gasteiger partial charge in [0.05, 0.1) is 12.9 Å². The number of hydrogen-bond acceptors (Lipinski definition) is 7. The summed E-state index contributed by atoms with van der Waals surface area (Å²) in [6.07, 6.45) is 0. The second kappa shape index (κ2) is 8.48. The van der Waals surface area contributed by atoms with Gasteiger partial charge in [-0.3, -0.25) is 0 Å². The maximum Gasteiger partial charge on any atom is 0.247 e. The molecule has 4 aromatic rings. The molecule has 2 heterocycles. The number of aryl methyl sites for hydroxylation is 1. The van der Waals surface area contributed by atoms with Gasteiger partial charge >= 0.3 is 0 Å². The molecule has 4 rings (SSSR count). The van der Waals surface area contributed by atoms with E-state index < -0.39 is 0 Å². The van der Waals surface area contributed by atoms with E-state index in [9.17, 15) is 0 Å². The molecule has 0 unspecified atom stereocenters. The van der Waals surface area contributed by atoms with Crippen LogP contribution in [0.15, 0.2) is 58.1 Å². The van der Waals surface area contributed by atoms with E-state index in [0.29, 0.717) is 17.5 Å².